The van der Waals surface area contributed by atoms with Crippen molar-refractivity contribution in [3.05, 3.63) is 40.6 Å². The molecule has 0 bridgehead atoms. The summed E-state index contributed by atoms with van der Waals surface area (Å²) in [7, 11) is 0. The van der Waals surface area contributed by atoms with Gasteiger partial charge in [-0.2, -0.15) is 0 Å². The molecule has 0 fully saturated rings. The minimum Gasteiger partial charge on any atom is -0.303 e. The number of rotatable bonds is 9. The van der Waals surface area contributed by atoms with Crippen LogP contribution in [0.1, 0.15) is 34.7 Å². The molecule has 0 unspecified atom stereocenters. The zero-order chi connectivity index (χ0) is 17.7. The maximum absolute atomic E-state index is 3.66. The summed E-state index contributed by atoms with van der Waals surface area (Å²) in [5.74, 6) is 0. The van der Waals surface area contributed by atoms with Crippen LogP contribution in [0.3, 0.4) is 0 Å². The van der Waals surface area contributed by atoms with Crippen molar-refractivity contribution in [3.8, 4) is 0 Å². The summed E-state index contributed by atoms with van der Waals surface area (Å²) in [6.07, 6.45) is 0. The van der Waals surface area contributed by atoms with Gasteiger partial charge < -0.3 is 4.90 Å². The molecule has 6 heteroatoms. The summed E-state index contributed by atoms with van der Waals surface area (Å²) in [6.45, 7) is 15.3. The van der Waals surface area contributed by atoms with Gasteiger partial charge in [-0.3, -0.25) is 4.90 Å². The zero-order valence-electron chi connectivity index (χ0n) is 14.9. The Bertz CT molecular complexity index is 560. The molecular weight excluding hydrogens is 468 g/mol. The van der Waals surface area contributed by atoms with Crippen molar-refractivity contribution in [1.29, 1.82) is 0 Å². The average Bonchev–Trinajstić information content (AvgIpc) is 3.01. The maximum atomic E-state index is 3.66. The molecule has 2 aromatic heterocycles. The largest absolute Gasteiger partial charge is 0.303 e. The predicted molar refractivity (Wildman–Crippen MR) is 115 cm³/mol. The monoisotopic (exact) mass is 492 g/mol. The first-order valence-electron chi connectivity index (χ1n) is 8.37. The highest BCUT2D eigenvalue weighted by molar-refractivity contribution is 9.11. The van der Waals surface area contributed by atoms with Crippen LogP contribution in [0.25, 0.3) is 0 Å². The molecule has 0 aromatic carbocycles. The van der Waals surface area contributed by atoms with E-state index in [1.165, 1.54) is 28.5 Å². The SMILES string of the molecule is CCN(CC)CCN(Cc1cc(C)c(Br)s1)Cc1cc(C)c(Br)s1. The van der Waals surface area contributed by atoms with Gasteiger partial charge in [0.05, 0.1) is 7.57 Å². The molecule has 0 amide bonds. The molecule has 0 aliphatic heterocycles. The highest BCUT2D eigenvalue weighted by Gasteiger charge is 2.13. The van der Waals surface area contributed by atoms with E-state index in [-0.39, 0.29) is 0 Å². The van der Waals surface area contributed by atoms with E-state index in [2.05, 4.69) is 81.5 Å². The fourth-order valence-electron chi connectivity index (χ4n) is 2.68. The Morgan fingerprint density at radius 2 is 1.21 bits per heavy atom. The van der Waals surface area contributed by atoms with Gasteiger partial charge >= 0.3 is 0 Å². The van der Waals surface area contributed by atoms with E-state index in [9.17, 15) is 0 Å². The number of aryl methyl sites for hydroxylation is 2. The number of likely N-dealkylation sites (N-methyl/N-ethyl adjacent to an activating group) is 1. The number of halogens is 2. The van der Waals surface area contributed by atoms with Crippen molar-refractivity contribution in [2.24, 2.45) is 0 Å². The normalized spacial score (nSPS) is 11.8. The topological polar surface area (TPSA) is 6.48 Å². The van der Waals surface area contributed by atoms with E-state index in [1.54, 1.807) is 0 Å². The molecule has 0 aliphatic rings. The van der Waals surface area contributed by atoms with Gasteiger partial charge in [-0.15, -0.1) is 22.7 Å². The highest BCUT2D eigenvalue weighted by Crippen LogP contribution is 2.31. The van der Waals surface area contributed by atoms with Crippen molar-refractivity contribution in [2.75, 3.05) is 26.2 Å². The Hall–Kier alpha value is 0.280. The molecule has 0 aliphatic carbocycles. The van der Waals surface area contributed by atoms with Gasteiger partial charge in [0.25, 0.3) is 0 Å². The van der Waals surface area contributed by atoms with Crippen LogP contribution in [-0.2, 0) is 13.1 Å². The van der Waals surface area contributed by atoms with E-state index in [4.69, 9.17) is 0 Å². The molecule has 134 valence electrons. The van der Waals surface area contributed by atoms with E-state index in [0.717, 1.165) is 39.3 Å². The molecule has 0 saturated heterocycles. The van der Waals surface area contributed by atoms with E-state index in [1.807, 2.05) is 22.7 Å². The van der Waals surface area contributed by atoms with Gasteiger partial charge in [-0.05, 0) is 82.1 Å². The Balaban J connectivity index is 2.07. The van der Waals surface area contributed by atoms with Crippen molar-refractivity contribution in [1.82, 2.24) is 9.80 Å². The lowest BCUT2D eigenvalue weighted by Gasteiger charge is -2.25. The fraction of sp³-hybridized carbons (Fsp3) is 0.556. The van der Waals surface area contributed by atoms with Crippen LogP contribution in [0, 0.1) is 13.8 Å². The second-order valence-electron chi connectivity index (χ2n) is 6.08. The van der Waals surface area contributed by atoms with Gasteiger partial charge in [0.2, 0.25) is 0 Å². The van der Waals surface area contributed by atoms with E-state index >= 15 is 0 Å². The summed E-state index contributed by atoms with van der Waals surface area (Å²) < 4.78 is 2.52. The number of hydrogen-bond acceptors (Lipinski definition) is 4. The minimum atomic E-state index is 1.02. The maximum Gasteiger partial charge on any atom is 0.0730 e. The third kappa shape index (κ3) is 5.92. The number of hydrogen-bond donors (Lipinski definition) is 0. The standard InChI is InChI=1S/C18H26Br2N2S2/c1-5-21(6-2)7-8-22(11-15-9-13(3)17(19)23-15)12-16-10-14(4)18(20)24-16/h9-10H,5-8,11-12H2,1-4H3. The number of thiophene rings is 2. The fourth-order valence-corrected chi connectivity index (χ4v) is 6.02. The van der Waals surface area contributed by atoms with Gasteiger partial charge in [0.15, 0.2) is 0 Å². The van der Waals surface area contributed by atoms with Crippen LogP contribution in [0.2, 0.25) is 0 Å². The van der Waals surface area contributed by atoms with Crippen LogP contribution in [0.15, 0.2) is 19.7 Å². The molecule has 2 heterocycles. The third-order valence-corrected chi connectivity index (χ3v) is 8.44. The Labute approximate surface area is 171 Å². The third-order valence-electron chi connectivity index (χ3n) is 4.20. The van der Waals surface area contributed by atoms with Gasteiger partial charge in [-0.25, -0.2) is 0 Å². The summed E-state index contributed by atoms with van der Waals surface area (Å²) >= 11 is 11.0. The Morgan fingerprint density at radius 3 is 1.54 bits per heavy atom. The molecule has 0 N–H and O–H groups in total. The summed E-state index contributed by atoms with van der Waals surface area (Å²) in [4.78, 5) is 7.95. The second-order valence-corrected chi connectivity index (χ2v) is 11.0. The average molecular weight is 494 g/mol. The van der Waals surface area contributed by atoms with E-state index < -0.39 is 0 Å². The van der Waals surface area contributed by atoms with Gasteiger partial charge in [-0.1, -0.05) is 13.8 Å². The molecule has 0 radical (unpaired) electrons. The molecule has 24 heavy (non-hydrogen) atoms. The molecule has 0 saturated carbocycles. The first kappa shape index (κ1) is 20.6. The first-order valence-corrected chi connectivity index (χ1v) is 11.6. The Kier molecular flexibility index (Phi) is 8.44. The highest BCUT2D eigenvalue weighted by atomic mass is 79.9. The zero-order valence-corrected chi connectivity index (χ0v) is 19.7. The van der Waals surface area contributed by atoms with E-state index in [0.29, 0.717) is 0 Å². The molecule has 2 rings (SSSR count). The molecule has 2 aromatic rings. The van der Waals surface area contributed by atoms with Crippen LogP contribution in [0.4, 0.5) is 0 Å². The summed E-state index contributed by atoms with van der Waals surface area (Å²) in [5.41, 5.74) is 2.68. The molecule has 0 spiro atoms. The van der Waals surface area contributed by atoms with Crippen LogP contribution >= 0.6 is 54.5 Å². The lowest BCUT2D eigenvalue weighted by Crippen LogP contribution is -2.34. The Morgan fingerprint density at radius 1 is 0.792 bits per heavy atom. The second kappa shape index (κ2) is 9.83. The molecular formula is C18H26Br2N2S2. The van der Waals surface area contributed by atoms with Crippen LogP contribution in [-0.4, -0.2) is 36.0 Å². The summed E-state index contributed by atoms with van der Waals surface area (Å²) in [5, 5.41) is 0. The number of nitrogens with zero attached hydrogens (tertiary/aromatic N) is 2. The molecule has 0 atom stereocenters. The predicted octanol–water partition coefficient (Wildman–Crippen LogP) is 6.30. The van der Waals surface area contributed by atoms with Crippen molar-refractivity contribution in [2.45, 2.75) is 40.8 Å². The van der Waals surface area contributed by atoms with Crippen LogP contribution in [0.5, 0.6) is 0 Å². The smallest absolute Gasteiger partial charge is 0.0730 e. The summed E-state index contributed by atoms with van der Waals surface area (Å²) in [6, 6.07) is 4.63. The minimum absolute atomic E-state index is 1.02. The van der Waals surface area contributed by atoms with Crippen molar-refractivity contribution < 1.29 is 0 Å². The molecule has 2 nitrogen and oxygen atoms in total. The van der Waals surface area contributed by atoms with Crippen molar-refractivity contribution >= 4 is 54.5 Å². The van der Waals surface area contributed by atoms with Crippen LogP contribution < -0.4 is 0 Å². The van der Waals surface area contributed by atoms with Gasteiger partial charge in [0, 0.05) is 35.9 Å². The quantitative estimate of drug-likeness (QED) is 0.404. The van der Waals surface area contributed by atoms with Gasteiger partial charge in [0.1, 0.15) is 0 Å². The van der Waals surface area contributed by atoms with Crippen molar-refractivity contribution in [3.63, 3.8) is 0 Å². The lowest BCUT2D eigenvalue weighted by atomic mass is 10.3. The first-order chi connectivity index (χ1) is 11.4. The lowest BCUT2D eigenvalue weighted by molar-refractivity contribution is 0.204.